The van der Waals surface area contributed by atoms with Gasteiger partial charge in [-0.2, -0.15) is 0 Å². The van der Waals surface area contributed by atoms with E-state index in [2.05, 4.69) is 5.32 Å². The smallest absolute Gasteiger partial charge is 0.251 e. The molecule has 0 spiro atoms. The van der Waals surface area contributed by atoms with Crippen molar-refractivity contribution in [3.05, 3.63) is 71.5 Å². The van der Waals surface area contributed by atoms with Crippen LogP contribution in [0, 0.1) is 5.82 Å². The largest absolute Gasteiger partial charge is 0.349 e. The number of piperidine rings is 1. The van der Waals surface area contributed by atoms with E-state index in [0.29, 0.717) is 37.9 Å². The zero-order chi connectivity index (χ0) is 19.2. The van der Waals surface area contributed by atoms with Crippen LogP contribution in [0.15, 0.2) is 54.6 Å². The molecule has 2 aromatic carbocycles. The Morgan fingerprint density at radius 3 is 2.29 bits per heavy atom. The molecule has 0 bridgehead atoms. The second-order valence-electron chi connectivity index (χ2n) is 6.88. The van der Waals surface area contributed by atoms with E-state index in [9.17, 15) is 14.0 Å². The molecular formula is C21H25ClFN3O2. The Bertz CT molecular complexity index is 778. The highest BCUT2D eigenvalue weighted by molar-refractivity contribution is 5.94. The summed E-state index contributed by atoms with van der Waals surface area (Å²) in [6.07, 6.45) is 1.87. The zero-order valence-electron chi connectivity index (χ0n) is 15.5. The molecule has 2 amide bonds. The minimum atomic E-state index is -0.558. The molecule has 0 aliphatic carbocycles. The van der Waals surface area contributed by atoms with Crippen molar-refractivity contribution >= 4 is 24.2 Å². The van der Waals surface area contributed by atoms with Gasteiger partial charge in [0.1, 0.15) is 5.82 Å². The van der Waals surface area contributed by atoms with Gasteiger partial charge in [0.15, 0.2) is 0 Å². The molecule has 1 unspecified atom stereocenters. The molecule has 28 heavy (non-hydrogen) atoms. The Morgan fingerprint density at radius 2 is 1.68 bits per heavy atom. The first-order valence-electron chi connectivity index (χ1n) is 9.17. The molecule has 1 atom stereocenters. The highest BCUT2D eigenvalue weighted by Gasteiger charge is 2.27. The van der Waals surface area contributed by atoms with Gasteiger partial charge in [-0.25, -0.2) is 4.39 Å². The van der Waals surface area contributed by atoms with Crippen molar-refractivity contribution in [3.8, 4) is 0 Å². The molecule has 3 N–H and O–H groups in total. The lowest BCUT2D eigenvalue weighted by Gasteiger charge is -2.34. The molecule has 1 saturated heterocycles. The second-order valence-corrected chi connectivity index (χ2v) is 6.88. The second kappa shape index (κ2) is 10.2. The summed E-state index contributed by atoms with van der Waals surface area (Å²) in [5, 5.41) is 2.95. The molecule has 1 aliphatic rings. The van der Waals surface area contributed by atoms with Gasteiger partial charge >= 0.3 is 0 Å². The number of likely N-dealkylation sites (tertiary alicyclic amines) is 1. The molecule has 3 rings (SSSR count). The van der Waals surface area contributed by atoms with Crippen LogP contribution in [0.1, 0.15) is 28.8 Å². The molecule has 1 fully saturated rings. The standard InChI is InChI=1S/C21H24FN3O2.ClH/c22-17-8-6-16(7-9-17)20(26)24-18-10-12-25(13-11-18)21(27)19(23)14-15-4-2-1-3-5-15;/h1-9,18-19H,10-14,23H2,(H,24,26);1H. The van der Waals surface area contributed by atoms with Crippen LogP contribution in [0.25, 0.3) is 0 Å². The maximum atomic E-state index is 13.0. The van der Waals surface area contributed by atoms with Gasteiger partial charge in [-0.05, 0) is 49.1 Å². The number of nitrogens with two attached hydrogens (primary N) is 1. The van der Waals surface area contributed by atoms with Gasteiger partial charge in [0.25, 0.3) is 5.91 Å². The van der Waals surface area contributed by atoms with Gasteiger partial charge < -0.3 is 16.0 Å². The van der Waals surface area contributed by atoms with Crippen LogP contribution >= 0.6 is 12.4 Å². The predicted molar refractivity (Wildman–Crippen MR) is 109 cm³/mol. The number of amides is 2. The Morgan fingerprint density at radius 1 is 1.07 bits per heavy atom. The van der Waals surface area contributed by atoms with Crippen LogP contribution in [0.2, 0.25) is 0 Å². The minimum Gasteiger partial charge on any atom is -0.349 e. The highest BCUT2D eigenvalue weighted by atomic mass is 35.5. The van der Waals surface area contributed by atoms with Crippen molar-refractivity contribution in [1.82, 2.24) is 10.2 Å². The average Bonchev–Trinajstić information content (AvgIpc) is 2.69. The SMILES string of the molecule is Cl.NC(Cc1ccccc1)C(=O)N1CCC(NC(=O)c2ccc(F)cc2)CC1. The summed E-state index contributed by atoms with van der Waals surface area (Å²) < 4.78 is 13.0. The molecule has 5 nitrogen and oxygen atoms in total. The third-order valence-electron chi connectivity index (χ3n) is 4.86. The molecular weight excluding hydrogens is 381 g/mol. The van der Waals surface area contributed by atoms with Gasteiger partial charge in [0, 0.05) is 24.7 Å². The van der Waals surface area contributed by atoms with Gasteiger partial charge in [-0.3, -0.25) is 9.59 Å². The van der Waals surface area contributed by atoms with Crippen molar-refractivity contribution < 1.29 is 14.0 Å². The van der Waals surface area contributed by atoms with E-state index in [1.807, 2.05) is 30.3 Å². The minimum absolute atomic E-state index is 0. The molecule has 1 heterocycles. The van der Waals surface area contributed by atoms with E-state index >= 15 is 0 Å². The van der Waals surface area contributed by atoms with Crippen LogP contribution in [0.5, 0.6) is 0 Å². The number of carbonyl (C=O) groups excluding carboxylic acids is 2. The molecule has 7 heteroatoms. The lowest BCUT2D eigenvalue weighted by atomic mass is 10.0. The van der Waals surface area contributed by atoms with Crippen molar-refractivity contribution in [2.24, 2.45) is 5.73 Å². The van der Waals surface area contributed by atoms with Crippen LogP contribution in [-0.4, -0.2) is 41.9 Å². The lowest BCUT2D eigenvalue weighted by molar-refractivity contribution is -0.133. The number of benzene rings is 2. The van der Waals surface area contributed by atoms with Crippen LogP contribution in [-0.2, 0) is 11.2 Å². The van der Waals surface area contributed by atoms with E-state index in [4.69, 9.17) is 5.73 Å². The fourth-order valence-corrected chi connectivity index (χ4v) is 3.30. The summed E-state index contributed by atoms with van der Waals surface area (Å²) in [7, 11) is 0. The van der Waals surface area contributed by atoms with E-state index < -0.39 is 6.04 Å². The Labute approximate surface area is 170 Å². The van der Waals surface area contributed by atoms with E-state index in [0.717, 1.165) is 5.56 Å². The van der Waals surface area contributed by atoms with Crippen LogP contribution in [0.4, 0.5) is 4.39 Å². The first-order chi connectivity index (χ1) is 13.0. The molecule has 150 valence electrons. The third kappa shape index (κ3) is 5.78. The highest BCUT2D eigenvalue weighted by Crippen LogP contribution is 2.14. The van der Waals surface area contributed by atoms with Crippen molar-refractivity contribution in [3.63, 3.8) is 0 Å². The monoisotopic (exact) mass is 405 g/mol. The Kier molecular flexibility index (Phi) is 7.96. The summed E-state index contributed by atoms with van der Waals surface area (Å²) in [6.45, 7) is 1.13. The number of carbonyl (C=O) groups is 2. The fourth-order valence-electron chi connectivity index (χ4n) is 3.30. The van der Waals surface area contributed by atoms with Gasteiger partial charge in [0.2, 0.25) is 5.91 Å². The van der Waals surface area contributed by atoms with Crippen LogP contribution < -0.4 is 11.1 Å². The summed E-state index contributed by atoms with van der Waals surface area (Å²) in [4.78, 5) is 26.6. The molecule has 2 aromatic rings. The van der Waals surface area contributed by atoms with Crippen molar-refractivity contribution in [2.45, 2.75) is 31.3 Å². The summed E-state index contributed by atoms with van der Waals surface area (Å²) >= 11 is 0. The topological polar surface area (TPSA) is 75.4 Å². The van der Waals surface area contributed by atoms with E-state index in [1.165, 1.54) is 24.3 Å². The maximum absolute atomic E-state index is 13.0. The first kappa shape index (κ1) is 21.9. The van der Waals surface area contributed by atoms with Gasteiger partial charge in [-0.1, -0.05) is 30.3 Å². The quantitative estimate of drug-likeness (QED) is 0.802. The number of rotatable bonds is 5. The Hall–Kier alpha value is -2.44. The molecule has 0 radical (unpaired) electrons. The van der Waals surface area contributed by atoms with E-state index in [-0.39, 0.29) is 36.1 Å². The van der Waals surface area contributed by atoms with Gasteiger partial charge in [0.05, 0.1) is 6.04 Å². The lowest BCUT2D eigenvalue weighted by Crippen LogP contribution is -2.51. The number of hydrogen-bond donors (Lipinski definition) is 2. The first-order valence-corrected chi connectivity index (χ1v) is 9.17. The number of nitrogens with zero attached hydrogens (tertiary/aromatic N) is 1. The number of halogens is 2. The number of hydrogen-bond acceptors (Lipinski definition) is 3. The fraction of sp³-hybridized carbons (Fsp3) is 0.333. The molecule has 1 aliphatic heterocycles. The molecule has 0 saturated carbocycles. The number of nitrogens with one attached hydrogen (secondary N) is 1. The van der Waals surface area contributed by atoms with E-state index in [1.54, 1.807) is 4.90 Å². The zero-order valence-corrected chi connectivity index (χ0v) is 16.3. The average molecular weight is 406 g/mol. The predicted octanol–water partition coefficient (Wildman–Crippen LogP) is 2.54. The normalized spacial score (nSPS) is 15.4. The summed E-state index contributed by atoms with van der Waals surface area (Å²) in [5.74, 6) is -0.645. The summed E-state index contributed by atoms with van der Waals surface area (Å²) in [5.41, 5.74) is 7.56. The Balaban J connectivity index is 0.00000280. The molecule has 0 aromatic heterocycles. The van der Waals surface area contributed by atoms with Crippen LogP contribution in [0.3, 0.4) is 0 Å². The maximum Gasteiger partial charge on any atom is 0.251 e. The third-order valence-corrected chi connectivity index (χ3v) is 4.86. The van der Waals surface area contributed by atoms with Crippen molar-refractivity contribution in [2.75, 3.05) is 13.1 Å². The summed E-state index contributed by atoms with van der Waals surface area (Å²) in [6, 6.07) is 14.6. The van der Waals surface area contributed by atoms with Gasteiger partial charge in [-0.15, -0.1) is 12.4 Å². The van der Waals surface area contributed by atoms with Crippen molar-refractivity contribution in [1.29, 1.82) is 0 Å².